The highest BCUT2D eigenvalue weighted by molar-refractivity contribution is 14.1. The molecule has 0 aliphatic heterocycles. The lowest BCUT2D eigenvalue weighted by molar-refractivity contribution is -0.115. The van der Waals surface area contributed by atoms with Gasteiger partial charge in [-0.25, -0.2) is 4.39 Å². The minimum atomic E-state index is -0.273. The van der Waals surface area contributed by atoms with Gasteiger partial charge in [0.15, 0.2) is 0 Å². The van der Waals surface area contributed by atoms with Crippen LogP contribution in [0.4, 0.5) is 10.1 Å². The van der Waals surface area contributed by atoms with E-state index in [4.69, 9.17) is 0 Å². The molecule has 0 fully saturated rings. The molecular weight excluding hydrogens is 450 g/mol. The zero-order valence-corrected chi connectivity index (χ0v) is 16.2. The van der Waals surface area contributed by atoms with Gasteiger partial charge in [0.2, 0.25) is 5.91 Å². The number of halogens is 2. The highest BCUT2D eigenvalue weighted by atomic mass is 127. The van der Waals surface area contributed by atoms with E-state index < -0.39 is 0 Å². The molecule has 0 saturated carbocycles. The molecule has 0 radical (unpaired) electrons. The summed E-state index contributed by atoms with van der Waals surface area (Å²) in [5.41, 5.74) is 1.72. The number of hydrogen-bond acceptors (Lipinski definition) is 3. The van der Waals surface area contributed by atoms with Crippen LogP contribution >= 0.6 is 33.9 Å². The van der Waals surface area contributed by atoms with Crippen LogP contribution in [0, 0.1) is 9.39 Å². The molecule has 2 aromatic carbocycles. The Bertz CT molecular complexity index is 837. The summed E-state index contributed by atoms with van der Waals surface area (Å²) in [4.78, 5) is 13.4. The number of anilines is 1. The predicted molar refractivity (Wildman–Crippen MR) is 108 cm³/mol. The summed E-state index contributed by atoms with van der Waals surface area (Å²) in [5.74, 6) is -0.391. The fourth-order valence-corrected chi connectivity index (χ4v) is 3.79. The van der Waals surface area contributed by atoms with Gasteiger partial charge in [-0.05, 0) is 63.9 Å². The summed E-state index contributed by atoms with van der Waals surface area (Å²) in [7, 11) is 0. The number of rotatable bonds is 6. The van der Waals surface area contributed by atoms with Gasteiger partial charge in [-0.1, -0.05) is 30.3 Å². The van der Waals surface area contributed by atoms with Gasteiger partial charge in [0.05, 0.1) is 18.3 Å². The van der Waals surface area contributed by atoms with Crippen molar-refractivity contribution in [1.82, 2.24) is 5.32 Å². The Morgan fingerprint density at radius 2 is 1.84 bits per heavy atom. The Kier molecular flexibility index (Phi) is 6.17. The number of carbonyl (C=O) groups excluding carboxylic acids is 1. The Balaban J connectivity index is 1.70. The van der Waals surface area contributed by atoms with E-state index in [1.54, 1.807) is 23.5 Å². The standard InChI is InChI=1S/C19H16FIN2OS/c20-14-9-7-13(8-10-14)19(17-6-3-11-25-17)22-12-18(24)23-16-5-2-1-4-15(16)21/h1-11,19,22H,12H2,(H,23,24). The highest BCUT2D eigenvalue weighted by Gasteiger charge is 2.16. The van der Waals surface area contributed by atoms with Gasteiger partial charge < -0.3 is 5.32 Å². The quantitative estimate of drug-likeness (QED) is 0.512. The minimum Gasteiger partial charge on any atom is -0.324 e. The maximum atomic E-state index is 13.2. The van der Waals surface area contributed by atoms with Crippen molar-refractivity contribution < 1.29 is 9.18 Å². The number of nitrogens with one attached hydrogen (secondary N) is 2. The zero-order chi connectivity index (χ0) is 17.6. The molecule has 3 aromatic rings. The lowest BCUT2D eigenvalue weighted by atomic mass is 10.1. The van der Waals surface area contributed by atoms with E-state index in [1.807, 2.05) is 41.8 Å². The average Bonchev–Trinajstić information content (AvgIpc) is 3.13. The second-order valence-corrected chi connectivity index (χ2v) is 7.55. The predicted octanol–water partition coefficient (Wildman–Crippen LogP) is 4.81. The Hall–Kier alpha value is -1.77. The third-order valence-corrected chi connectivity index (χ3v) is 5.52. The highest BCUT2D eigenvalue weighted by Crippen LogP contribution is 2.26. The molecule has 0 bridgehead atoms. The van der Waals surface area contributed by atoms with Crippen LogP contribution in [0.15, 0.2) is 66.0 Å². The van der Waals surface area contributed by atoms with Crippen LogP contribution in [0.2, 0.25) is 0 Å². The first-order chi connectivity index (χ1) is 12.1. The van der Waals surface area contributed by atoms with Crippen molar-refractivity contribution in [3.05, 3.63) is 85.9 Å². The number of thiophene rings is 1. The molecule has 1 atom stereocenters. The normalized spacial score (nSPS) is 11.9. The van der Waals surface area contributed by atoms with E-state index in [-0.39, 0.29) is 24.3 Å². The van der Waals surface area contributed by atoms with E-state index in [0.29, 0.717) is 0 Å². The molecule has 1 unspecified atom stereocenters. The van der Waals surface area contributed by atoms with Crippen LogP contribution in [-0.2, 0) is 4.79 Å². The molecule has 0 aliphatic rings. The van der Waals surface area contributed by atoms with Crippen LogP contribution in [0.1, 0.15) is 16.5 Å². The molecule has 128 valence electrons. The second-order valence-electron chi connectivity index (χ2n) is 5.41. The maximum absolute atomic E-state index is 13.2. The molecule has 6 heteroatoms. The van der Waals surface area contributed by atoms with E-state index in [1.165, 1.54) is 12.1 Å². The summed E-state index contributed by atoms with van der Waals surface area (Å²) in [6.07, 6.45) is 0. The summed E-state index contributed by atoms with van der Waals surface area (Å²) in [6.45, 7) is 0.158. The second kappa shape index (κ2) is 8.55. The summed E-state index contributed by atoms with van der Waals surface area (Å²) in [5, 5.41) is 8.16. The largest absolute Gasteiger partial charge is 0.324 e. The SMILES string of the molecule is O=C(CNC(c1ccc(F)cc1)c1cccs1)Nc1ccccc1I. The van der Waals surface area contributed by atoms with Crippen LogP contribution < -0.4 is 10.6 Å². The van der Waals surface area contributed by atoms with Gasteiger partial charge in [-0.15, -0.1) is 11.3 Å². The molecule has 0 aliphatic carbocycles. The lowest BCUT2D eigenvalue weighted by Crippen LogP contribution is -2.31. The van der Waals surface area contributed by atoms with Crippen LogP contribution in [0.5, 0.6) is 0 Å². The van der Waals surface area contributed by atoms with Gasteiger partial charge in [0.1, 0.15) is 5.82 Å². The molecule has 0 spiro atoms. The molecule has 1 heterocycles. The maximum Gasteiger partial charge on any atom is 0.238 e. The number of hydrogen-bond donors (Lipinski definition) is 2. The van der Waals surface area contributed by atoms with Gasteiger partial charge in [-0.2, -0.15) is 0 Å². The zero-order valence-electron chi connectivity index (χ0n) is 13.2. The lowest BCUT2D eigenvalue weighted by Gasteiger charge is -2.18. The number of carbonyl (C=O) groups is 1. The number of para-hydroxylation sites is 1. The first-order valence-corrected chi connectivity index (χ1v) is 9.66. The first-order valence-electron chi connectivity index (χ1n) is 7.70. The molecule has 0 saturated heterocycles. The van der Waals surface area contributed by atoms with Crippen LogP contribution in [0.3, 0.4) is 0 Å². The Morgan fingerprint density at radius 1 is 1.08 bits per heavy atom. The third kappa shape index (κ3) is 4.87. The summed E-state index contributed by atoms with van der Waals surface area (Å²) >= 11 is 3.79. The topological polar surface area (TPSA) is 41.1 Å². The monoisotopic (exact) mass is 466 g/mol. The van der Waals surface area contributed by atoms with Crippen molar-refractivity contribution in [2.75, 3.05) is 11.9 Å². The molecule has 1 amide bonds. The first kappa shape index (κ1) is 18.0. The number of amides is 1. The van der Waals surface area contributed by atoms with Gasteiger partial charge in [-0.3, -0.25) is 10.1 Å². The van der Waals surface area contributed by atoms with E-state index >= 15 is 0 Å². The van der Waals surface area contributed by atoms with Crippen molar-refractivity contribution in [1.29, 1.82) is 0 Å². The Labute approximate surface area is 163 Å². The van der Waals surface area contributed by atoms with Crippen LogP contribution in [0.25, 0.3) is 0 Å². The Morgan fingerprint density at radius 3 is 2.52 bits per heavy atom. The van der Waals surface area contributed by atoms with Crippen LogP contribution in [-0.4, -0.2) is 12.5 Å². The smallest absolute Gasteiger partial charge is 0.238 e. The van der Waals surface area contributed by atoms with E-state index in [0.717, 1.165) is 19.7 Å². The fourth-order valence-electron chi connectivity index (χ4n) is 2.45. The van der Waals surface area contributed by atoms with Crippen molar-refractivity contribution >= 4 is 45.5 Å². The van der Waals surface area contributed by atoms with Crippen molar-refractivity contribution in [3.8, 4) is 0 Å². The molecule has 2 N–H and O–H groups in total. The summed E-state index contributed by atoms with van der Waals surface area (Å²) < 4.78 is 14.2. The number of benzene rings is 2. The molecule has 3 nitrogen and oxygen atoms in total. The molecule has 3 rings (SSSR count). The van der Waals surface area contributed by atoms with E-state index in [9.17, 15) is 9.18 Å². The summed E-state index contributed by atoms with van der Waals surface area (Å²) in [6, 6.07) is 17.8. The minimum absolute atomic E-state index is 0.118. The molecule has 25 heavy (non-hydrogen) atoms. The van der Waals surface area contributed by atoms with Crippen molar-refractivity contribution in [2.24, 2.45) is 0 Å². The van der Waals surface area contributed by atoms with Gasteiger partial charge in [0.25, 0.3) is 0 Å². The molecule has 1 aromatic heterocycles. The van der Waals surface area contributed by atoms with Gasteiger partial charge >= 0.3 is 0 Å². The third-order valence-electron chi connectivity index (χ3n) is 3.65. The molecular formula is C19H16FIN2OS. The fraction of sp³-hybridized carbons (Fsp3) is 0.105. The van der Waals surface area contributed by atoms with Crippen molar-refractivity contribution in [3.63, 3.8) is 0 Å². The van der Waals surface area contributed by atoms with E-state index in [2.05, 4.69) is 33.2 Å². The van der Waals surface area contributed by atoms with Gasteiger partial charge in [0, 0.05) is 8.45 Å². The average molecular weight is 466 g/mol. The van der Waals surface area contributed by atoms with Crippen molar-refractivity contribution in [2.45, 2.75) is 6.04 Å².